The summed E-state index contributed by atoms with van der Waals surface area (Å²) in [5.74, 6) is 0.346. The molecule has 2 heterocycles. The van der Waals surface area contributed by atoms with Crippen LogP contribution in [0.1, 0.15) is 39.5 Å². The summed E-state index contributed by atoms with van der Waals surface area (Å²) < 4.78 is 5.74. The Labute approximate surface area is 116 Å². The van der Waals surface area contributed by atoms with Gasteiger partial charge in [-0.2, -0.15) is 0 Å². The van der Waals surface area contributed by atoms with E-state index in [1.165, 1.54) is 12.8 Å². The van der Waals surface area contributed by atoms with Gasteiger partial charge in [0.2, 0.25) is 5.91 Å². The average Bonchev–Trinajstić information content (AvgIpc) is 3.17. The number of rotatable bonds is 2. The molecule has 1 amide bonds. The molecule has 1 spiro atoms. The van der Waals surface area contributed by atoms with Crippen molar-refractivity contribution < 1.29 is 9.53 Å². The molecule has 0 aromatic rings. The quantitative estimate of drug-likeness (QED) is 0.759. The molecule has 0 aromatic heterocycles. The lowest BCUT2D eigenvalue weighted by molar-refractivity contribution is -0.142. The SMILES string of the molecule is CC(C)N1CCCC(N2CCOCC3(CC3)C2)C1=O. The number of carbonyl (C=O) groups excluding carboxylic acids is 1. The Hall–Kier alpha value is -0.610. The van der Waals surface area contributed by atoms with Crippen molar-refractivity contribution in [2.75, 3.05) is 32.8 Å². The molecule has 2 saturated heterocycles. The molecule has 0 N–H and O–H groups in total. The second-order valence-corrected chi connectivity index (χ2v) is 6.81. The van der Waals surface area contributed by atoms with E-state index in [1.807, 2.05) is 0 Å². The van der Waals surface area contributed by atoms with Gasteiger partial charge in [0.1, 0.15) is 0 Å². The summed E-state index contributed by atoms with van der Waals surface area (Å²) in [6.45, 7) is 8.84. The number of likely N-dealkylation sites (tertiary alicyclic amines) is 1. The molecule has 3 rings (SSSR count). The van der Waals surface area contributed by atoms with E-state index in [0.717, 1.165) is 45.7 Å². The minimum atomic E-state index is 0.107. The highest BCUT2D eigenvalue weighted by atomic mass is 16.5. The summed E-state index contributed by atoms with van der Waals surface area (Å²) in [4.78, 5) is 17.1. The van der Waals surface area contributed by atoms with Crippen LogP contribution in [0.5, 0.6) is 0 Å². The second kappa shape index (κ2) is 5.06. The molecule has 3 aliphatic rings. The number of nitrogens with zero attached hydrogens (tertiary/aromatic N) is 2. The number of piperidine rings is 1. The van der Waals surface area contributed by atoms with Gasteiger partial charge in [-0.1, -0.05) is 0 Å². The summed E-state index contributed by atoms with van der Waals surface area (Å²) >= 11 is 0. The first-order chi connectivity index (χ1) is 9.11. The van der Waals surface area contributed by atoms with E-state index in [-0.39, 0.29) is 6.04 Å². The second-order valence-electron chi connectivity index (χ2n) is 6.81. The highest BCUT2D eigenvalue weighted by molar-refractivity contribution is 5.82. The smallest absolute Gasteiger partial charge is 0.240 e. The lowest BCUT2D eigenvalue weighted by Gasteiger charge is -2.40. The molecule has 1 unspecified atom stereocenters. The van der Waals surface area contributed by atoms with Gasteiger partial charge in [0.05, 0.1) is 19.3 Å². The molecule has 0 bridgehead atoms. The van der Waals surface area contributed by atoms with E-state index in [9.17, 15) is 4.79 Å². The monoisotopic (exact) mass is 266 g/mol. The van der Waals surface area contributed by atoms with Crippen molar-refractivity contribution in [3.8, 4) is 0 Å². The van der Waals surface area contributed by atoms with Crippen molar-refractivity contribution in [2.45, 2.75) is 51.6 Å². The van der Waals surface area contributed by atoms with Gasteiger partial charge in [-0.25, -0.2) is 0 Å². The maximum absolute atomic E-state index is 12.7. The Kier molecular flexibility index (Phi) is 3.56. The fourth-order valence-corrected chi connectivity index (χ4v) is 3.50. The minimum Gasteiger partial charge on any atom is -0.379 e. The van der Waals surface area contributed by atoms with E-state index in [1.54, 1.807) is 0 Å². The van der Waals surface area contributed by atoms with Gasteiger partial charge in [0.25, 0.3) is 0 Å². The first-order valence-electron chi connectivity index (χ1n) is 7.74. The van der Waals surface area contributed by atoms with Gasteiger partial charge in [-0.3, -0.25) is 9.69 Å². The van der Waals surface area contributed by atoms with Crippen LogP contribution in [0.25, 0.3) is 0 Å². The molecule has 0 aromatic carbocycles. The predicted molar refractivity (Wildman–Crippen MR) is 73.9 cm³/mol. The van der Waals surface area contributed by atoms with Gasteiger partial charge in [-0.05, 0) is 39.5 Å². The van der Waals surface area contributed by atoms with Gasteiger partial charge < -0.3 is 9.64 Å². The van der Waals surface area contributed by atoms with Crippen molar-refractivity contribution >= 4 is 5.91 Å². The Balaban J connectivity index is 1.71. The van der Waals surface area contributed by atoms with E-state index in [2.05, 4.69) is 23.6 Å². The van der Waals surface area contributed by atoms with Crippen LogP contribution in [0.4, 0.5) is 0 Å². The molecule has 108 valence electrons. The zero-order chi connectivity index (χ0) is 13.5. The molecule has 1 saturated carbocycles. The largest absolute Gasteiger partial charge is 0.379 e. The van der Waals surface area contributed by atoms with Gasteiger partial charge in [0, 0.05) is 31.1 Å². The van der Waals surface area contributed by atoms with Crippen LogP contribution in [-0.4, -0.2) is 60.6 Å². The summed E-state index contributed by atoms with van der Waals surface area (Å²) in [5, 5.41) is 0. The normalized spacial score (nSPS) is 31.8. The van der Waals surface area contributed by atoms with Crippen LogP contribution < -0.4 is 0 Å². The summed E-state index contributed by atoms with van der Waals surface area (Å²) in [6, 6.07) is 0.434. The third kappa shape index (κ3) is 2.65. The standard InChI is InChI=1S/C15H26N2O2/c1-12(2)17-7-3-4-13(14(17)18)16-8-9-19-11-15(10-16)5-6-15/h12-13H,3-11H2,1-2H3. The molecular formula is C15H26N2O2. The van der Waals surface area contributed by atoms with Crippen LogP contribution in [-0.2, 0) is 9.53 Å². The van der Waals surface area contributed by atoms with Crippen molar-refractivity contribution in [2.24, 2.45) is 5.41 Å². The van der Waals surface area contributed by atoms with Crippen molar-refractivity contribution in [1.29, 1.82) is 0 Å². The first kappa shape index (κ1) is 13.4. The molecule has 0 radical (unpaired) electrons. The van der Waals surface area contributed by atoms with Crippen LogP contribution >= 0.6 is 0 Å². The maximum atomic E-state index is 12.7. The predicted octanol–water partition coefficient (Wildman–Crippen LogP) is 1.50. The summed E-state index contributed by atoms with van der Waals surface area (Å²) in [7, 11) is 0. The summed E-state index contributed by atoms with van der Waals surface area (Å²) in [5.41, 5.74) is 0.386. The van der Waals surface area contributed by atoms with Gasteiger partial charge in [0.15, 0.2) is 0 Å². The van der Waals surface area contributed by atoms with Crippen molar-refractivity contribution in [1.82, 2.24) is 9.80 Å². The number of ether oxygens (including phenoxy) is 1. The van der Waals surface area contributed by atoms with Crippen molar-refractivity contribution in [3.63, 3.8) is 0 Å². The third-order valence-electron chi connectivity index (χ3n) is 4.94. The average molecular weight is 266 g/mol. The summed E-state index contributed by atoms with van der Waals surface area (Å²) in [6.07, 6.45) is 4.72. The molecular weight excluding hydrogens is 240 g/mol. The first-order valence-corrected chi connectivity index (χ1v) is 7.74. The Morgan fingerprint density at radius 3 is 2.79 bits per heavy atom. The van der Waals surface area contributed by atoms with Gasteiger partial charge in [-0.15, -0.1) is 0 Å². The van der Waals surface area contributed by atoms with E-state index in [4.69, 9.17) is 4.74 Å². The fraction of sp³-hybridized carbons (Fsp3) is 0.933. The van der Waals surface area contributed by atoms with E-state index < -0.39 is 0 Å². The Morgan fingerprint density at radius 2 is 2.11 bits per heavy atom. The van der Waals surface area contributed by atoms with Gasteiger partial charge >= 0.3 is 0 Å². The Bertz CT molecular complexity index is 352. The molecule has 19 heavy (non-hydrogen) atoms. The number of hydrogen-bond donors (Lipinski definition) is 0. The molecule has 4 heteroatoms. The van der Waals surface area contributed by atoms with E-state index in [0.29, 0.717) is 17.4 Å². The maximum Gasteiger partial charge on any atom is 0.240 e. The molecule has 2 aliphatic heterocycles. The van der Waals surface area contributed by atoms with Crippen LogP contribution in [0.15, 0.2) is 0 Å². The van der Waals surface area contributed by atoms with Crippen LogP contribution in [0.2, 0.25) is 0 Å². The minimum absolute atomic E-state index is 0.107. The van der Waals surface area contributed by atoms with Crippen LogP contribution in [0, 0.1) is 5.41 Å². The fourth-order valence-electron chi connectivity index (χ4n) is 3.50. The topological polar surface area (TPSA) is 32.8 Å². The molecule has 1 aliphatic carbocycles. The number of amides is 1. The van der Waals surface area contributed by atoms with E-state index >= 15 is 0 Å². The zero-order valence-electron chi connectivity index (χ0n) is 12.2. The zero-order valence-corrected chi connectivity index (χ0v) is 12.2. The highest BCUT2D eigenvalue weighted by Crippen LogP contribution is 2.47. The lowest BCUT2D eigenvalue weighted by atomic mass is 9.99. The highest BCUT2D eigenvalue weighted by Gasteiger charge is 2.47. The Morgan fingerprint density at radius 1 is 1.32 bits per heavy atom. The number of hydrogen-bond acceptors (Lipinski definition) is 3. The molecule has 1 atom stereocenters. The molecule has 3 fully saturated rings. The molecule has 4 nitrogen and oxygen atoms in total. The van der Waals surface area contributed by atoms with Crippen LogP contribution in [0.3, 0.4) is 0 Å². The lowest BCUT2D eigenvalue weighted by Crippen LogP contribution is -2.55. The third-order valence-corrected chi connectivity index (χ3v) is 4.94. The van der Waals surface area contributed by atoms with Crippen molar-refractivity contribution in [3.05, 3.63) is 0 Å². The number of carbonyl (C=O) groups is 1.